The minimum Gasteiger partial charge on any atom is -0.310 e. The Hall–Kier alpha value is -6.74. The molecule has 1 heterocycles. The number of benzene rings is 9. The summed E-state index contributed by atoms with van der Waals surface area (Å²) in [5.74, 6) is 0. The molecule has 0 fully saturated rings. The van der Waals surface area contributed by atoms with Crippen LogP contribution in [0.3, 0.4) is 0 Å². The molecule has 0 saturated heterocycles. The summed E-state index contributed by atoms with van der Waals surface area (Å²) >= 11 is 1.88. The van der Waals surface area contributed by atoms with Crippen LogP contribution in [-0.4, -0.2) is 0 Å². The Morgan fingerprint density at radius 1 is 0.386 bits per heavy atom. The van der Waals surface area contributed by atoms with Gasteiger partial charge in [0.15, 0.2) is 0 Å². The predicted octanol–water partition coefficient (Wildman–Crippen LogP) is 16.0. The third-order valence-corrected chi connectivity index (χ3v) is 13.2. The summed E-state index contributed by atoms with van der Waals surface area (Å²) in [4.78, 5) is 2.45. The summed E-state index contributed by atoms with van der Waals surface area (Å²) in [5.41, 5.74) is 16.0. The first kappa shape index (κ1) is 33.6. The third-order valence-electron chi connectivity index (χ3n) is 12.0. The number of hydrogen-bond donors (Lipinski definition) is 0. The zero-order valence-corrected chi connectivity index (χ0v) is 32.7. The lowest BCUT2D eigenvalue weighted by molar-refractivity contribution is 0.660. The summed E-state index contributed by atoms with van der Waals surface area (Å²) in [6, 6.07) is 74.0. The molecule has 10 aromatic rings. The fraction of sp³-hybridized carbons (Fsp3) is 0.0545. The Bertz CT molecular complexity index is 3170. The van der Waals surface area contributed by atoms with Crippen molar-refractivity contribution >= 4 is 59.3 Å². The van der Waals surface area contributed by atoms with Gasteiger partial charge in [0.05, 0.1) is 0 Å². The van der Waals surface area contributed by atoms with Gasteiger partial charge in [0, 0.05) is 42.6 Å². The Balaban J connectivity index is 1.13. The van der Waals surface area contributed by atoms with Crippen LogP contribution in [0.25, 0.3) is 75.5 Å². The molecule has 0 N–H and O–H groups in total. The highest BCUT2D eigenvalue weighted by Gasteiger charge is 2.35. The van der Waals surface area contributed by atoms with Gasteiger partial charge in [-0.05, 0) is 121 Å². The number of fused-ring (bicyclic) bond motifs is 7. The van der Waals surface area contributed by atoms with Gasteiger partial charge in [0.25, 0.3) is 0 Å². The van der Waals surface area contributed by atoms with Crippen LogP contribution in [0.2, 0.25) is 0 Å². The average Bonchev–Trinajstić information content (AvgIpc) is 3.75. The molecular weight excluding hydrogens is 707 g/mol. The first-order valence-corrected chi connectivity index (χ1v) is 20.6. The highest BCUT2D eigenvalue weighted by atomic mass is 32.1. The Morgan fingerprint density at radius 3 is 1.89 bits per heavy atom. The molecule has 57 heavy (non-hydrogen) atoms. The SMILES string of the molecule is CC1(C)c2ccccc2-c2ccc(N(c3cccc(-c4ccccc4)c3)c3cccc(-c4ccc5sc6ccccc6c5c4-c4ccc5ccccc5c4)c3)cc21. The third kappa shape index (κ3) is 5.51. The van der Waals surface area contributed by atoms with E-state index in [1.54, 1.807) is 0 Å². The lowest BCUT2D eigenvalue weighted by Crippen LogP contribution is -2.16. The molecule has 1 nitrogen and oxygen atoms in total. The first-order chi connectivity index (χ1) is 28.0. The normalized spacial score (nSPS) is 12.9. The Labute approximate surface area is 337 Å². The molecule has 270 valence electrons. The molecule has 0 amide bonds. The molecule has 0 aliphatic heterocycles. The van der Waals surface area contributed by atoms with Crippen molar-refractivity contribution in [1.82, 2.24) is 0 Å². The van der Waals surface area contributed by atoms with Crippen molar-refractivity contribution in [2.24, 2.45) is 0 Å². The number of nitrogens with zero attached hydrogens (tertiary/aromatic N) is 1. The van der Waals surface area contributed by atoms with E-state index in [0.717, 1.165) is 17.1 Å². The zero-order chi connectivity index (χ0) is 38.1. The molecule has 0 bridgehead atoms. The van der Waals surface area contributed by atoms with Gasteiger partial charge >= 0.3 is 0 Å². The Kier molecular flexibility index (Phi) is 7.77. The highest BCUT2D eigenvalue weighted by molar-refractivity contribution is 7.26. The van der Waals surface area contributed by atoms with Crippen LogP contribution in [0.15, 0.2) is 200 Å². The lowest BCUT2D eigenvalue weighted by Gasteiger charge is -2.29. The summed E-state index contributed by atoms with van der Waals surface area (Å²) in [7, 11) is 0. The summed E-state index contributed by atoms with van der Waals surface area (Å²) in [6.07, 6.45) is 0. The van der Waals surface area contributed by atoms with Gasteiger partial charge in [-0.2, -0.15) is 0 Å². The molecule has 11 rings (SSSR count). The predicted molar refractivity (Wildman–Crippen MR) is 245 cm³/mol. The van der Waals surface area contributed by atoms with E-state index in [1.807, 2.05) is 11.3 Å². The monoisotopic (exact) mass is 745 g/mol. The van der Waals surface area contributed by atoms with Crippen LogP contribution in [-0.2, 0) is 5.41 Å². The Morgan fingerprint density at radius 2 is 1.04 bits per heavy atom. The van der Waals surface area contributed by atoms with E-state index in [-0.39, 0.29) is 5.41 Å². The molecule has 0 saturated carbocycles. The summed E-state index contributed by atoms with van der Waals surface area (Å²) < 4.78 is 2.62. The largest absolute Gasteiger partial charge is 0.310 e. The molecule has 0 spiro atoms. The quantitative estimate of drug-likeness (QED) is 0.164. The van der Waals surface area contributed by atoms with Crippen molar-refractivity contribution in [3.05, 3.63) is 211 Å². The van der Waals surface area contributed by atoms with Crippen molar-refractivity contribution in [2.75, 3.05) is 4.90 Å². The number of hydrogen-bond acceptors (Lipinski definition) is 2. The van der Waals surface area contributed by atoms with Crippen molar-refractivity contribution < 1.29 is 0 Å². The number of thiophene rings is 1. The van der Waals surface area contributed by atoms with Gasteiger partial charge in [-0.3, -0.25) is 0 Å². The number of rotatable bonds is 6. The topological polar surface area (TPSA) is 3.24 Å². The van der Waals surface area contributed by atoms with Crippen molar-refractivity contribution in [3.63, 3.8) is 0 Å². The standard InChI is InChI=1S/C55H39NS/c1-55(2)49-24-10-8-22-46(49)47-29-28-44(35-50(47)55)56(42-20-12-18-39(33-42)36-14-4-3-5-15-36)43-21-13-19-40(34-43)45-30-31-52-54(48-23-9-11-25-51(48)57-52)53(45)41-27-26-37-16-6-7-17-38(37)32-41/h3-35H,1-2H3. The molecule has 0 unspecified atom stereocenters. The second kappa shape index (κ2) is 13.2. The van der Waals surface area contributed by atoms with E-state index >= 15 is 0 Å². The molecule has 9 aromatic carbocycles. The highest BCUT2D eigenvalue weighted by Crippen LogP contribution is 2.51. The fourth-order valence-electron chi connectivity index (χ4n) is 9.25. The van der Waals surface area contributed by atoms with E-state index < -0.39 is 0 Å². The lowest BCUT2D eigenvalue weighted by atomic mass is 9.82. The van der Waals surface area contributed by atoms with Crippen LogP contribution >= 0.6 is 11.3 Å². The maximum Gasteiger partial charge on any atom is 0.0467 e. The van der Waals surface area contributed by atoms with Crippen LogP contribution < -0.4 is 4.90 Å². The zero-order valence-electron chi connectivity index (χ0n) is 31.9. The fourth-order valence-corrected chi connectivity index (χ4v) is 10.4. The van der Waals surface area contributed by atoms with Crippen molar-refractivity contribution in [2.45, 2.75) is 19.3 Å². The summed E-state index contributed by atoms with van der Waals surface area (Å²) in [6.45, 7) is 4.72. The van der Waals surface area contributed by atoms with Gasteiger partial charge in [-0.15, -0.1) is 11.3 Å². The molecular formula is C55H39NS. The minimum absolute atomic E-state index is 0.116. The second-order valence-electron chi connectivity index (χ2n) is 15.7. The molecule has 1 aromatic heterocycles. The van der Waals surface area contributed by atoms with Gasteiger partial charge in [0.1, 0.15) is 0 Å². The van der Waals surface area contributed by atoms with Crippen molar-refractivity contribution in [3.8, 4) is 44.5 Å². The van der Waals surface area contributed by atoms with Gasteiger partial charge in [-0.1, -0.05) is 159 Å². The molecule has 0 atom stereocenters. The van der Waals surface area contributed by atoms with Crippen LogP contribution in [0.4, 0.5) is 17.1 Å². The van der Waals surface area contributed by atoms with E-state index in [9.17, 15) is 0 Å². The maximum absolute atomic E-state index is 2.45. The van der Waals surface area contributed by atoms with Gasteiger partial charge in [-0.25, -0.2) is 0 Å². The maximum atomic E-state index is 2.45. The first-order valence-electron chi connectivity index (χ1n) is 19.8. The minimum atomic E-state index is -0.116. The second-order valence-corrected chi connectivity index (χ2v) is 16.8. The van der Waals surface area contributed by atoms with Crippen LogP contribution in [0.5, 0.6) is 0 Å². The number of anilines is 3. The summed E-state index contributed by atoms with van der Waals surface area (Å²) in [5, 5.41) is 5.12. The molecule has 1 aliphatic carbocycles. The van der Waals surface area contributed by atoms with E-state index in [1.165, 1.54) is 86.6 Å². The van der Waals surface area contributed by atoms with Crippen LogP contribution in [0.1, 0.15) is 25.0 Å². The van der Waals surface area contributed by atoms with E-state index in [4.69, 9.17) is 0 Å². The average molecular weight is 746 g/mol. The van der Waals surface area contributed by atoms with Crippen molar-refractivity contribution in [1.29, 1.82) is 0 Å². The van der Waals surface area contributed by atoms with Gasteiger partial charge in [0.2, 0.25) is 0 Å². The van der Waals surface area contributed by atoms with Gasteiger partial charge < -0.3 is 4.90 Å². The molecule has 0 radical (unpaired) electrons. The van der Waals surface area contributed by atoms with E-state index in [0.29, 0.717) is 0 Å². The molecule has 1 aliphatic rings. The smallest absolute Gasteiger partial charge is 0.0467 e. The van der Waals surface area contributed by atoms with E-state index in [2.05, 4.69) is 219 Å². The molecule has 2 heteroatoms. The van der Waals surface area contributed by atoms with Crippen LogP contribution in [0, 0.1) is 0 Å².